The van der Waals surface area contributed by atoms with Crippen molar-refractivity contribution in [1.82, 2.24) is 24.8 Å². The molecule has 0 spiro atoms. The lowest BCUT2D eigenvalue weighted by Gasteiger charge is -2.26. The molecule has 4 rings (SSSR count). The van der Waals surface area contributed by atoms with Gasteiger partial charge in [-0.3, -0.25) is 9.78 Å². The Bertz CT molecular complexity index is 917. The van der Waals surface area contributed by atoms with Gasteiger partial charge in [0.15, 0.2) is 0 Å². The number of likely N-dealkylation sites (tertiary alicyclic amines) is 1. The van der Waals surface area contributed by atoms with Crippen LogP contribution in [0, 0.1) is 6.92 Å². The zero-order valence-corrected chi connectivity index (χ0v) is 14.1. The van der Waals surface area contributed by atoms with Crippen LogP contribution in [0.4, 0.5) is 0 Å². The molecule has 0 aliphatic carbocycles. The molecule has 1 aliphatic heterocycles. The topological polar surface area (TPSA) is 71.9 Å². The summed E-state index contributed by atoms with van der Waals surface area (Å²) in [5, 5.41) is 0. The third-order valence-corrected chi connectivity index (χ3v) is 4.51. The number of carbonyl (C=O) groups excluding carboxylic acids is 1. The number of benzene rings is 1. The monoisotopic (exact) mass is 333 g/mol. The van der Waals surface area contributed by atoms with Gasteiger partial charge in [-0.1, -0.05) is 0 Å². The molecule has 6 heteroatoms. The molecule has 0 bridgehead atoms. The lowest BCUT2D eigenvalue weighted by atomic mass is 10.1. The summed E-state index contributed by atoms with van der Waals surface area (Å²) in [6.45, 7) is 3.51. The van der Waals surface area contributed by atoms with Gasteiger partial charge < -0.3 is 4.90 Å². The highest BCUT2D eigenvalue weighted by atomic mass is 16.2. The summed E-state index contributed by atoms with van der Waals surface area (Å²) < 4.78 is 0. The number of amides is 1. The summed E-state index contributed by atoms with van der Waals surface area (Å²) in [6.07, 6.45) is 8.55. The van der Waals surface area contributed by atoms with E-state index >= 15 is 0 Å². The second kappa shape index (κ2) is 6.55. The Morgan fingerprint density at radius 3 is 2.48 bits per heavy atom. The number of hydrogen-bond acceptors (Lipinski definition) is 5. The summed E-state index contributed by atoms with van der Waals surface area (Å²) >= 11 is 0. The van der Waals surface area contributed by atoms with E-state index in [1.54, 1.807) is 18.6 Å². The average molecular weight is 333 g/mol. The second-order valence-corrected chi connectivity index (χ2v) is 6.33. The molecule has 1 fully saturated rings. The van der Waals surface area contributed by atoms with Gasteiger partial charge in [-0.05, 0) is 44.4 Å². The molecule has 1 aliphatic rings. The van der Waals surface area contributed by atoms with E-state index in [0.717, 1.165) is 37.0 Å². The number of aromatic nitrogens is 4. The third kappa shape index (κ3) is 3.20. The third-order valence-electron chi connectivity index (χ3n) is 4.51. The van der Waals surface area contributed by atoms with Crippen LogP contribution in [-0.4, -0.2) is 43.8 Å². The first kappa shape index (κ1) is 15.6. The maximum atomic E-state index is 12.7. The molecule has 0 atom stereocenters. The zero-order valence-electron chi connectivity index (χ0n) is 14.1. The maximum Gasteiger partial charge on any atom is 0.253 e. The van der Waals surface area contributed by atoms with Gasteiger partial charge in [-0.25, -0.2) is 15.0 Å². The van der Waals surface area contributed by atoms with Gasteiger partial charge in [-0.15, -0.1) is 0 Å². The largest absolute Gasteiger partial charge is 0.339 e. The Morgan fingerprint density at radius 1 is 0.960 bits per heavy atom. The van der Waals surface area contributed by atoms with Gasteiger partial charge in [0, 0.05) is 36.6 Å². The van der Waals surface area contributed by atoms with Crippen molar-refractivity contribution in [3.05, 3.63) is 48.2 Å². The predicted octanol–water partition coefficient (Wildman–Crippen LogP) is 3.02. The van der Waals surface area contributed by atoms with Crippen LogP contribution in [-0.2, 0) is 0 Å². The molecule has 25 heavy (non-hydrogen) atoms. The van der Waals surface area contributed by atoms with Crippen LogP contribution in [0.1, 0.15) is 35.4 Å². The number of piperidine rings is 1. The van der Waals surface area contributed by atoms with Crippen LogP contribution in [0.5, 0.6) is 0 Å². The Kier molecular flexibility index (Phi) is 4.09. The van der Waals surface area contributed by atoms with Gasteiger partial charge in [0.1, 0.15) is 5.82 Å². The molecule has 126 valence electrons. The highest BCUT2D eigenvalue weighted by molar-refractivity contribution is 5.97. The van der Waals surface area contributed by atoms with Gasteiger partial charge in [0.05, 0.1) is 22.9 Å². The lowest BCUT2D eigenvalue weighted by molar-refractivity contribution is 0.0724. The molecule has 3 aromatic rings. The molecule has 6 nitrogen and oxygen atoms in total. The van der Waals surface area contributed by atoms with E-state index in [0.29, 0.717) is 22.6 Å². The average Bonchev–Trinajstić information content (AvgIpc) is 2.68. The van der Waals surface area contributed by atoms with Gasteiger partial charge >= 0.3 is 0 Å². The fourth-order valence-electron chi connectivity index (χ4n) is 3.09. The molecule has 1 amide bonds. The Morgan fingerprint density at radius 2 is 1.72 bits per heavy atom. The van der Waals surface area contributed by atoms with E-state index in [1.165, 1.54) is 6.42 Å². The van der Waals surface area contributed by atoms with Gasteiger partial charge in [0.25, 0.3) is 5.91 Å². The van der Waals surface area contributed by atoms with Crippen LogP contribution in [0.3, 0.4) is 0 Å². The fourth-order valence-corrected chi connectivity index (χ4v) is 3.09. The van der Waals surface area contributed by atoms with Crippen molar-refractivity contribution < 1.29 is 4.79 Å². The van der Waals surface area contributed by atoms with E-state index in [2.05, 4.69) is 19.9 Å². The van der Waals surface area contributed by atoms with Gasteiger partial charge in [-0.2, -0.15) is 0 Å². The first-order valence-corrected chi connectivity index (χ1v) is 8.56. The van der Waals surface area contributed by atoms with E-state index < -0.39 is 0 Å². The second-order valence-electron chi connectivity index (χ2n) is 6.33. The van der Waals surface area contributed by atoms with Crippen molar-refractivity contribution >= 4 is 16.9 Å². The summed E-state index contributed by atoms with van der Waals surface area (Å²) in [5.41, 5.74) is 3.66. The molecule has 0 N–H and O–H groups in total. The number of hydrogen-bond donors (Lipinski definition) is 0. The minimum atomic E-state index is 0.0764. The molecule has 0 saturated carbocycles. The highest BCUT2D eigenvalue weighted by Gasteiger charge is 2.18. The fraction of sp³-hybridized carbons (Fsp3) is 0.316. The van der Waals surface area contributed by atoms with Crippen molar-refractivity contribution in [3.63, 3.8) is 0 Å². The molecule has 1 aromatic carbocycles. The first-order chi connectivity index (χ1) is 12.2. The summed E-state index contributed by atoms with van der Waals surface area (Å²) in [4.78, 5) is 32.1. The molecule has 1 saturated heterocycles. The van der Waals surface area contributed by atoms with Crippen LogP contribution in [0.15, 0.2) is 36.8 Å². The van der Waals surface area contributed by atoms with Crippen LogP contribution in [0.2, 0.25) is 0 Å². The summed E-state index contributed by atoms with van der Waals surface area (Å²) in [7, 11) is 0. The van der Waals surface area contributed by atoms with Crippen molar-refractivity contribution in [2.45, 2.75) is 26.2 Å². The SMILES string of the molecule is Cc1ncc(-c2cnc3ccc(C(=O)N4CCCCC4)cc3n2)cn1. The summed E-state index contributed by atoms with van der Waals surface area (Å²) in [5.74, 6) is 0.791. The number of carbonyl (C=O) groups is 1. The van der Waals surface area contributed by atoms with E-state index in [4.69, 9.17) is 0 Å². The Labute approximate surface area is 146 Å². The normalized spacial score (nSPS) is 14.7. The highest BCUT2D eigenvalue weighted by Crippen LogP contribution is 2.20. The van der Waals surface area contributed by atoms with Crippen molar-refractivity contribution in [3.8, 4) is 11.3 Å². The smallest absolute Gasteiger partial charge is 0.253 e. The quantitative estimate of drug-likeness (QED) is 0.721. The molecule has 0 unspecified atom stereocenters. The lowest BCUT2D eigenvalue weighted by Crippen LogP contribution is -2.35. The number of fused-ring (bicyclic) bond motifs is 1. The number of aryl methyl sites for hydroxylation is 1. The van der Waals surface area contributed by atoms with Gasteiger partial charge in [0.2, 0.25) is 0 Å². The van der Waals surface area contributed by atoms with Crippen LogP contribution >= 0.6 is 0 Å². The molecule has 0 radical (unpaired) electrons. The van der Waals surface area contributed by atoms with Crippen LogP contribution in [0.25, 0.3) is 22.3 Å². The molecular weight excluding hydrogens is 314 g/mol. The molecule has 3 heterocycles. The van der Waals surface area contributed by atoms with E-state index in [-0.39, 0.29) is 5.91 Å². The number of nitrogens with zero attached hydrogens (tertiary/aromatic N) is 5. The van der Waals surface area contributed by atoms with Crippen LogP contribution < -0.4 is 0 Å². The molecular formula is C19H19N5O. The maximum absolute atomic E-state index is 12.7. The zero-order chi connectivity index (χ0) is 17.2. The van der Waals surface area contributed by atoms with E-state index in [1.807, 2.05) is 30.0 Å². The predicted molar refractivity (Wildman–Crippen MR) is 95.1 cm³/mol. The first-order valence-electron chi connectivity index (χ1n) is 8.56. The standard InChI is InChI=1S/C19H19N5O/c1-13-20-10-15(11-21-13)18-12-22-16-6-5-14(9-17(16)23-18)19(25)24-7-3-2-4-8-24/h5-6,9-12H,2-4,7-8H2,1H3. The minimum absolute atomic E-state index is 0.0764. The van der Waals surface area contributed by atoms with Crippen molar-refractivity contribution in [2.24, 2.45) is 0 Å². The molecule has 2 aromatic heterocycles. The summed E-state index contributed by atoms with van der Waals surface area (Å²) in [6, 6.07) is 5.52. The Balaban J connectivity index is 1.69. The minimum Gasteiger partial charge on any atom is -0.339 e. The van der Waals surface area contributed by atoms with Crippen molar-refractivity contribution in [1.29, 1.82) is 0 Å². The van der Waals surface area contributed by atoms with E-state index in [9.17, 15) is 4.79 Å². The Hall–Kier alpha value is -2.89. The number of rotatable bonds is 2. The van der Waals surface area contributed by atoms with Crippen molar-refractivity contribution in [2.75, 3.05) is 13.1 Å².